The van der Waals surface area contributed by atoms with Gasteiger partial charge in [0.1, 0.15) is 0 Å². The average Bonchev–Trinajstić information content (AvgIpc) is 3.21. The van der Waals surface area contributed by atoms with Gasteiger partial charge in [-0.3, -0.25) is 4.79 Å². The van der Waals surface area contributed by atoms with Crippen LogP contribution in [0.2, 0.25) is 0 Å². The number of carbonyl (C=O) groups excluding carboxylic acids is 2. The summed E-state index contributed by atoms with van der Waals surface area (Å²) in [6, 6.07) is 8.33. The van der Waals surface area contributed by atoms with Gasteiger partial charge in [0.05, 0.1) is 17.6 Å². The van der Waals surface area contributed by atoms with Crippen LogP contribution >= 0.6 is 0 Å². The van der Waals surface area contributed by atoms with Crippen molar-refractivity contribution in [1.82, 2.24) is 19.4 Å². The number of ether oxygens (including phenoxy) is 1. The third kappa shape index (κ3) is 4.69. The number of imidazole rings is 1. The number of carbonyl (C=O) groups is 2. The number of fused-ring (bicyclic) bond motifs is 1. The van der Waals surface area contributed by atoms with Crippen LogP contribution < -0.4 is 4.90 Å². The number of hydrogen-bond acceptors (Lipinski definition) is 5. The van der Waals surface area contributed by atoms with Crippen LogP contribution in [0.5, 0.6) is 0 Å². The molecule has 0 bridgehead atoms. The Morgan fingerprint density at radius 2 is 1.69 bits per heavy atom. The maximum absolute atomic E-state index is 13.1. The van der Waals surface area contributed by atoms with Crippen molar-refractivity contribution in [2.24, 2.45) is 5.92 Å². The van der Waals surface area contributed by atoms with Crippen LogP contribution in [0.15, 0.2) is 24.3 Å². The lowest BCUT2D eigenvalue weighted by Crippen LogP contribution is -2.53. The SMILES string of the molecule is CCCCn1c(N2CCC(C(=O)N3CCN(C(=O)OCC)CC3)CC2)nc2ccccc21. The molecule has 2 aliphatic heterocycles. The number of hydrogen-bond donors (Lipinski definition) is 0. The Labute approximate surface area is 190 Å². The Hall–Kier alpha value is -2.77. The van der Waals surface area contributed by atoms with Crippen molar-refractivity contribution in [3.05, 3.63) is 24.3 Å². The number of unbranched alkanes of at least 4 members (excludes halogenated alkanes) is 1. The van der Waals surface area contributed by atoms with Crippen LogP contribution in [-0.2, 0) is 16.1 Å². The molecule has 0 spiro atoms. The molecule has 3 heterocycles. The molecule has 174 valence electrons. The highest BCUT2D eigenvalue weighted by Gasteiger charge is 2.32. The molecule has 2 aliphatic rings. The van der Waals surface area contributed by atoms with Gasteiger partial charge in [-0.15, -0.1) is 0 Å². The molecular weight excluding hydrogens is 406 g/mol. The third-order valence-electron chi connectivity index (χ3n) is 6.61. The van der Waals surface area contributed by atoms with Crippen molar-refractivity contribution in [3.63, 3.8) is 0 Å². The Morgan fingerprint density at radius 1 is 1.00 bits per heavy atom. The van der Waals surface area contributed by atoms with E-state index in [4.69, 9.17) is 9.72 Å². The maximum Gasteiger partial charge on any atom is 0.409 e. The Morgan fingerprint density at radius 3 is 2.38 bits per heavy atom. The summed E-state index contributed by atoms with van der Waals surface area (Å²) in [6.07, 6.45) is 3.67. The Bertz CT molecular complexity index is 927. The molecule has 32 heavy (non-hydrogen) atoms. The summed E-state index contributed by atoms with van der Waals surface area (Å²) in [7, 11) is 0. The van der Waals surface area contributed by atoms with E-state index < -0.39 is 0 Å². The van der Waals surface area contributed by atoms with E-state index in [-0.39, 0.29) is 17.9 Å². The fourth-order valence-corrected chi connectivity index (χ4v) is 4.75. The minimum absolute atomic E-state index is 0.0499. The van der Waals surface area contributed by atoms with Gasteiger partial charge >= 0.3 is 6.09 Å². The van der Waals surface area contributed by atoms with E-state index in [1.807, 2.05) is 17.9 Å². The first kappa shape index (κ1) is 22.4. The van der Waals surface area contributed by atoms with Crippen LogP contribution in [-0.4, -0.2) is 77.2 Å². The standard InChI is InChI=1S/C24H35N5O3/c1-3-5-12-29-21-9-7-6-8-20(21)25-23(29)27-13-10-19(11-14-27)22(30)26-15-17-28(18-16-26)24(31)32-4-2/h6-9,19H,3-5,10-18H2,1-2H3. The fourth-order valence-electron chi connectivity index (χ4n) is 4.75. The smallest absolute Gasteiger partial charge is 0.409 e. The molecule has 4 rings (SSSR count). The molecule has 1 aromatic heterocycles. The predicted octanol–water partition coefficient (Wildman–Crippen LogP) is 3.35. The summed E-state index contributed by atoms with van der Waals surface area (Å²) in [6.45, 7) is 9.32. The summed E-state index contributed by atoms with van der Waals surface area (Å²) in [5.74, 6) is 1.31. The molecule has 8 heteroatoms. The molecule has 0 unspecified atom stereocenters. The molecule has 0 atom stereocenters. The summed E-state index contributed by atoms with van der Waals surface area (Å²) in [5.41, 5.74) is 2.23. The second-order valence-corrected chi connectivity index (χ2v) is 8.68. The van der Waals surface area contributed by atoms with Crippen molar-refractivity contribution in [1.29, 1.82) is 0 Å². The molecule has 0 aliphatic carbocycles. The van der Waals surface area contributed by atoms with Gasteiger partial charge < -0.3 is 24.0 Å². The highest BCUT2D eigenvalue weighted by molar-refractivity contribution is 5.80. The lowest BCUT2D eigenvalue weighted by Gasteiger charge is -2.38. The van der Waals surface area contributed by atoms with Gasteiger partial charge in [0.15, 0.2) is 0 Å². The molecule has 2 aromatic rings. The number of amides is 2. The first-order chi connectivity index (χ1) is 15.6. The van der Waals surface area contributed by atoms with Crippen molar-refractivity contribution >= 4 is 29.0 Å². The van der Waals surface area contributed by atoms with E-state index in [0.717, 1.165) is 56.8 Å². The number of benzene rings is 1. The largest absolute Gasteiger partial charge is 0.450 e. The van der Waals surface area contributed by atoms with Crippen molar-refractivity contribution in [2.45, 2.75) is 46.1 Å². The monoisotopic (exact) mass is 441 g/mol. The fraction of sp³-hybridized carbons (Fsp3) is 0.625. The number of rotatable bonds is 6. The van der Waals surface area contributed by atoms with Gasteiger partial charge in [-0.05, 0) is 38.3 Å². The number of piperazine rings is 1. The molecule has 8 nitrogen and oxygen atoms in total. The van der Waals surface area contributed by atoms with Crippen molar-refractivity contribution in [3.8, 4) is 0 Å². The quantitative estimate of drug-likeness (QED) is 0.688. The average molecular weight is 442 g/mol. The highest BCUT2D eigenvalue weighted by Crippen LogP contribution is 2.28. The summed E-state index contributed by atoms with van der Waals surface area (Å²) in [5, 5.41) is 0. The van der Waals surface area contributed by atoms with Crippen LogP contribution in [0.1, 0.15) is 39.5 Å². The molecule has 1 aromatic carbocycles. The second kappa shape index (κ2) is 10.2. The van der Waals surface area contributed by atoms with E-state index in [9.17, 15) is 9.59 Å². The maximum atomic E-state index is 13.1. The molecule has 0 radical (unpaired) electrons. The second-order valence-electron chi connectivity index (χ2n) is 8.68. The van der Waals surface area contributed by atoms with Gasteiger partial charge in [0.2, 0.25) is 11.9 Å². The Kier molecular flexibility index (Phi) is 7.17. The molecular formula is C24H35N5O3. The van der Waals surface area contributed by atoms with Crippen LogP contribution in [0.3, 0.4) is 0 Å². The lowest BCUT2D eigenvalue weighted by atomic mass is 9.95. The minimum Gasteiger partial charge on any atom is -0.450 e. The molecule has 2 saturated heterocycles. The zero-order valence-electron chi connectivity index (χ0n) is 19.3. The molecule has 2 fully saturated rings. The van der Waals surface area contributed by atoms with Gasteiger partial charge in [-0.2, -0.15) is 0 Å². The van der Waals surface area contributed by atoms with E-state index in [1.165, 1.54) is 5.52 Å². The van der Waals surface area contributed by atoms with Gasteiger partial charge in [0, 0.05) is 51.7 Å². The van der Waals surface area contributed by atoms with E-state index in [2.05, 4.69) is 34.6 Å². The first-order valence-corrected chi connectivity index (χ1v) is 12.0. The number of nitrogens with zero attached hydrogens (tertiary/aromatic N) is 5. The van der Waals surface area contributed by atoms with Gasteiger partial charge in [0.25, 0.3) is 0 Å². The Balaban J connectivity index is 1.35. The molecule has 2 amide bonds. The van der Waals surface area contributed by atoms with Crippen LogP contribution in [0, 0.1) is 5.92 Å². The number of para-hydroxylation sites is 2. The lowest BCUT2D eigenvalue weighted by molar-refractivity contribution is -0.137. The van der Waals surface area contributed by atoms with E-state index >= 15 is 0 Å². The van der Waals surface area contributed by atoms with Crippen molar-refractivity contribution in [2.75, 3.05) is 50.8 Å². The predicted molar refractivity (Wildman–Crippen MR) is 125 cm³/mol. The number of anilines is 1. The van der Waals surface area contributed by atoms with E-state index in [0.29, 0.717) is 32.8 Å². The molecule has 0 N–H and O–H groups in total. The van der Waals surface area contributed by atoms with Crippen molar-refractivity contribution < 1.29 is 14.3 Å². The van der Waals surface area contributed by atoms with Crippen LogP contribution in [0.4, 0.5) is 10.7 Å². The normalized spacial score (nSPS) is 17.8. The number of piperidine rings is 1. The highest BCUT2D eigenvalue weighted by atomic mass is 16.6. The summed E-state index contributed by atoms with van der Waals surface area (Å²) >= 11 is 0. The summed E-state index contributed by atoms with van der Waals surface area (Å²) < 4.78 is 7.42. The first-order valence-electron chi connectivity index (χ1n) is 12.0. The topological polar surface area (TPSA) is 70.9 Å². The zero-order chi connectivity index (χ0) is 22.5. The minimum atomic E-state index is -0.279. The number of aromatic nitrogens is 2. The van der Waals surface area contributed by atoms with Crippen LogP contribution in [0.25, 0.3) is 11.0 Å². The summed E-state index contributed by atoms with van der Waals surface area (Å²) in [4.78, 5) is 35.9. The zero-order valence-corrected chi connectivity index (χ0v) is 19.3. The number of aryl methyl sites for hydroxylation is 1. The molecule has 0 saturated carbocycles. The van der Waals surface area contributed by atoms with Gasteiger partial charge in [-0.25, -0.2) is 9.78 Å². The third-order valence-corrected chi connectivity index (χ3v) is 6.61. The van der Waals surface area contributed by atoms with E-state index in [1.54, 1.807) is 4.90 Å². The van der Waals surface area contributed by atoms with Gasteiger partial charge in [-0.1, -0.05) is 25.5 Å².